The summed E-state index contributed by atoms with van der Waals surface area (Å²) < 4.78 is 21.8. The number of hydrogen-bond acceptors (Lipinski definition) is 4. The van der Waals surface area contributed by atoms with E-state index in [9.17, 15) is 0 Å². The molecular weight excluding hydrogens is 316 g/mol. The first kappa shape index (κ1) is 24.4. The minimum atomic E-state index is 0.0108. The van der Waals surface area contributed by atoms with Crippen molar-refractivity contribution in [1.82, 2.24) is 0 Å². The molecule has 0 spiro atoms. The van der Waals surface area contributed by atoms with Gasteiger partial charge in [0, 0.05) is 19.8 Å². The standard InChI is InChI=1S/C21H42O4/c1-4-17-24-21(25-18-5-2)16-14-12-10-8-7-9-11-13-15-19-23-20-22-6-3/h15,19,21H,4-14,16-18,20H2,1-3H3. The molecule has 0 fully saturated rings. The number of allylic oxidation sites excluding steroid dienone is 1. The van der Waals surface area contributed by atoms with Crippen molar-refractivity contribution in [3.63, 3.8) is 0 Å². The normalized spacial score (nSPS) is 11.7. The van der Waals surface area contributed by atoms with Crippen LogP contribution in [0.1, 0.15) is 91.4 Å². The number of hydrogen-bond donors (Lipinski definition) is 0. The third kappa shape index (κ3) is 19.6. The molecule has 4 nitrogen and oxygen atoms in total. The molecule has 0 saturated heterocycles. The van der Waals surface area contributed by atoms with Crippen molar-refractivity contribution in [2.24, 2.45) is 0 Å². The average molecular weight is 359 g/mol. The molecule has 150 valence electrons. The molecule has 0 radical (unpaired) electrons. The lowest BCUT2D eigenvalue weighted by Gasteiger charge is -2.18. The zero-order valence-corrected chi connectivity index (χ0v) is 17.0. The summed E-state index contributed by atoms with van der Waals surface area (Å²) in [6, 6.07) is 0. The highest BCUT2D eigenvalue weighted by Gasteiger charge is 2.08. The Kier molecular flexibility index (Phi) is 21.0. The quantitative estimate of drug-likeness (QED) is 0.147. The summed E-state index contributed by atoms with van der Waals surface area (Å²) in [7, 11) is 0. The summed E-state index contributed by atoms with van der Waals surface area (Å²) >= 11 is 0. The zero-order chi connectivity index (χ0) is 18.4. The molecule has 0 aromatic heterocycles. The highest BCUT2D eigenvalue weighted by Crippen LogP contribution is 2.13. The fourth-order valence-electron chi connectivity index (χ4n) is 2.48. The van der Waals surface area contributed by atoms with Crippen LogP contribution >= 0.6 is 0 Å². The van der Waals surface area contributed by atoms with Crippen molar-refractivity contribution in [3.8, 4) is 0 Å². The Balaban J connectivity index is 3.35. The summed E-state index contributed by atoms with van der Waals surface area (Å²) in [4.78, 5) is 0. The summed E-state index contributed by atoms with van der Waals surface area (Å²) in [6.07, 6.45) is 17.1. The van der Waals surface area contributed by atoms with Crippen molar-refractivity contribution in [3.05, 3.63) is 12.3 Å². The zero-order valence-electron chi connectivity index (χ0n) is 17.0. The van der Waals surface area contributed by atoms with E-state index >= 15 is 0 Å². The van der Waals surface area contributed by atoms with E-state index in [1.54, 1.807) is 6.26 Å². The van der Waals surface area contributed by atoms with Crippen LogP contribution in [0.25, 0.3) is 0 Å². The van der Waals surface area contributed by atoms with E-state index in [2.05, 4.69) is 19.9 Å². The summed E-state index contributed by atoms with van der Waals surface area (Å²) in [5.41, 5.74) is 0. The van der Waals surface area contributed by atoms with Gasteiger partial charge in [0.05, 0.1) is 6.26 Å². The Labute approximate surface area is 156 Å². The number of ether oxygens (including phenoxy) is 4. The molecule has 4 heteroatoms. The van der Waals surface area contributed by atoms with E-state index in [1.165, 1.54) is 44.9 Å². The molecule has 0 aliphatic heterocycles. The van der Waals surface area contributed by atoms with Crippen LogP contribution in [0.5, 0.6) is 0 Å². The highest BCUT2D eigenvalue weighted by molar-refractivity contribution is 4.72. The van der Waals surface area contributed by atoms with Gasteiger partial charge in [-0.05, 0) is 51.5 Å². The first-order chi connectivity index (χ1) is 12.3. The third-order valence-electron chi connectivity index (χ3n) is 3.87. The van der Waals surface area contributed by atoms with Crippen LogP contribution in [0.2, 0.25) is 0 Å². The molecule has 0 heterocycles. The van der Waals surface area contributed by atoms with Crippen molar-refractivity contribution < 1.29 is 18.9 Å². The summed E-state index contributed by atoms with van der Waals surface area (Å²) in [6.45, 7) is 8.92. The van der Waals surface area contributed by atoms with E-state index < -0.39 is 0 Å². The second-order valence-electron chi connectivity index (χ2n) is 6.37. The van der Waals surface area contributed by atoms with Gasteiger partial charge in [0.25, 0.3) is 0 Å². The van der Waals surface area contributed by atoms with Gasteiger partial charge in [-0.15, -0.1) is 0 Å². The predicted octanol–water partition coefficient (Wildman–Crippen LogP) is 6.20. The Bertz CT molecular complexity index is 261. The molecule has 25 heavy (non-hydrogen) atoms. The fraction of sp³-hybridized carbons (Fsp3) is 0.905. The Morgan fingerprint density at radius 3 is 1.96 bits per heavy atom. The molecule has 0 aromatic carbocycles. The molecule has 0 aromatic rings. The Morgan fingerprint density at radius 1 is 0.760 bits per heavy atom. The molecule has 0 atom stereocenters. The van der Waals surface area contributed by atoms with E-state index in [-0.39, 0.29) is 6.29 Å². The number of rotatable bonds is 20. The maximum Gasteiger partial charge on any atom is 0.188 e. The molecule has 0 aliphatic rings. The highest BCUT2D eigenvalue weighted by atomic mass is 16.7. The van der Waals surface area contributed by atoms with Gasteiger partial charge in [0.1, 0.15) is 0 Å². The van der Waals surface area contributed by atoms with Crippen LogP contribution < -0.4 is 0 Å². The van der Waals surface area contributed by atoms with Crippen LogP contribution in [0.15, 0.2) is 12.3 Å². The van der Waals surface area contributed by atoms with E-state index in [4.69, 9.17) is 18.9 Å². The topological polar surface area (TPSA) is 36.9 Å². The summed E-state index contributed by atoms with van der Waals surface area (Å²) in [5, 5.41) is 0. The fourth-order valence-corrected chi connectivity index (χ4v) is 2.48. The van der Waals surface area contributed by atoms with E-state index in [1.807, 2.05) is 6.92 Å². The Hall–Kier alpha value is -0.580. The van der Waals surface area contributed by atoms with Gasteiger partial charge < -0.3 is 18.9 Å². The van der Waals surface area contributed by atoms with Gasteiger partial charge in [-0.25, -0.2) is 0 Å². The monoisotopic (exact) mass is 358 g/mol. The second kappa shape index (κ2) is 21.5. The van der Waals surface area contributed by atoms with Gasteiger partial charge in [-0.3, -0.25) is 0 Å². The van der Waals surface area contributed by atoms with Gasteiger partial charge >= 0.3 is 0 Å². The maximum atomic E-state index is 5.76. The molecule has 0 rings (SSSR count). The van der Waals surface area contributed by atoms with Gasteiger partial charge in [0.15, 0.2) is 13.1 Å². The van der Waals surface area contributed by atoms with Crippen LogP contribution in [-0.4, -0.2) is 32.9 Å². The van der Waals surface area contributed by atoms with Crippen molar-refractivity contribution >= 4 is 0 Å². The lowest BCUT2D eigenvalue weighted by Crippen LogP contribution is -2.18. The minimum Gasteiger partial charge on any atom is -0.475 e. The smallest absolute Gasteiger partial charge is 0.188 e. The van der Waals surface area contributed by atoms with E-state index in [0.717, 1.165) is 38.9 Å². The van der Waals surface area contributed by atoms with Crippen LogP contribution in [-0.2, 0) is 18.9 Å². The Morgan fingerprint density at radius 2 is 1.36 bits per heavy atom. The first-order valence-corrected chi connectivity index (χ1v) is 10.4. The molecule has 0 amide bonds. The van der Waals surface area contributed by atoms with Crippen LogP contribution in [0.4, 0.5) is 0 Å². The SMILES string of the molecule is CCCOC(CCCCCCCCCC=COCOCC)OCCC. The number of unbranched alkanes of at least 4 members (excludes halogenated alkanes) is 7. The summed E-state index contributed by atoms with van der Waals surface area (Å²) in [5.74, 6) is 0. The van der Waals surface area contributed by atoms with Crippen molar-refractivity contribution in [1.29, 1.82) is 0 Å². The van der Waals surface area contributed by atoms with Crippen LogP contribution in [0.3, 0.4) is 0 Å². The predicted molar refractivity (Wildman–Crippen MR) is 105 cm³/mol. The van der Waals surface area contributed by atoms with Gasteiger partial charge in [-0.1, -0.05) is 46.0 Å². The molecular formula is C21H42O4. The second-order valence-corrected chi connectivity index (χ2v) is 6.37. The maximum absolute atomic E-state index is 5.76. The first-order valence-electron chi connectivity index (χ1n) is 10.4. The molecule has 0 bridgehead atoms. The lowest BCUT2D eigenvalue weighted by atomic mass is 10.1. The van der Waals surface area contributed by atoms with E-state index in [0.29, 0.717) is 13.4 Å². The molecule has 0 unspecified atom stereocenters. The van der Waals surface area contributed by atoms with Gasteiger partial charge in [-0.2, -0.15) is 0 Å². The average Bonchev–Trinajstić information content (AvgIpc) is 2.63. The van der Waals surface area contributed by atoms with Crippen LogP contribution in [0, 0.1) is 0 Å². The third-order valence-corrected chi connectivity index (χ3v) is 3.87. The van der Waals surface area contributed by atoms with Gasteiger partial charge in [0.2, 0.25) is 0 Å². The lowest BCUT2D eigenvalue weighted by molar-refractivity contribution is -0.146. The molecule has 0 N–H and O–H groups in total. The molecule has 0 aliphatic carbocycles. The van der Waals surface area contributed by atoms with Crippen molar-refractivity contribution in [2.75, 3.05) is 26.6 Å². The minimum absolute atomic E-state index is 0.0108. The largest absolute Gasteiger partial charge is 0.475 e. The van der Waals surface area contributed by atoms with Crippen molar-refractivity contribution in [2.45, 2.75) is 97.7 Å². The molecule has 0 saturated carbocycles.